The second kappa shape index (κ2) is 7.24. The van der Waals surface area contributed by atoms with Crippen LogP contribution in [0, 0.1) is 11.8 Å². The van der Waals surface area contributed by atoms with Crippen LogP contribution in [-0.4, -0.2) is 49.8 Å². The van der Waals surface area contributed by atoms with Crippen molar-refractivity contribution in [3.05, 3.63) is 0 Å². The lowest BCUT2D eigenvalue weighted by molar-refractivity contribution is 0.0872. The summed E-state index contributed by atoms with van der Waals surface area (Å²) in [4.78, 5) is 2.83. The standard InChI is InChI=1S/C17H32N2O/c1-2-9-18-16(15-8-11-20-13-15)12-19-10-4-6-14-5-3-7-17(14)19/h14-18H,2-13H2,1H3. The molecule has 0 aromatic rings. The van der Waals surface area contributed by atoms with E-state index in [2.05, 4.69) is 17.1 Å². The van der Waals surface area contributed by atoms with Crippen molar-refractivity contribution in [2.24, 2.45) is 11.8 Å². The molecule has 0 amide bonds. The molecule has 2 saturated heterocycles. The topological polar surface area (TPSA) is 24.5 Å². The van der Waals surface area contributed by atoms with Crippen molar-refractivity contribution in [3.63, 3.8) is 0 Å². The number of fused-ring (bicyclic) bond motifs is 1. The maximum Gasteiger partial charge on any atom is 0.0510 e. The number of ether oxygens (including phenoxy) is 1. The largest absolute Gasteiger partial charge is 0.381 e. The number of nitrogens with one attached hydrogen (secondary N) is 1. The van der Waals surface area contributed by atoms with E-state index in [-0.39, 0.29) is 0 Å². The van der Waals surface area contributed by atoms with Crippen molar-refractivity contribution in [1.82, 2.24) is 10.2 Å². The Morgan fingerprint density at radius 3 is 2.90 bits per heavy atom. The Hall–Kier alpha value is -0.120. The zero-order valence-electron chi connectivity index (χ0n) is 13.2. The van der Waals surface area contributed by atoms with Crippen molar-refractivity contribution >= 4 is 0 Å². The van der Waals surface area contributed by atoms with E-state index in [9.17, 15) is 0 Å². The lowest BCUT2D eigenvalue weighted by Crippen LogP contribution is -2.52. The molecule has 0 radical (unpaired) electrons. The first kappa shape index (κ1) is 14.8. The van der Waals surface area contributed by atoms with E-state index >= 15 is 0 Å². The number of hydrogen-bond acceptors (Lipinski definition) is 3. The first-order valence-corrected chi connectivity index (χ1v) is 8.93. The summed E-state index contributed by atoms with van der Waals surface area (Å²) in [6.45, 7) is 7.96. The minimum atomic E-state index is 0.650. The number of piperidine rings is 1. The summed E-state index contributed by atoms with van der Waals surface area (Å²) in [5.74, 6) is 1.75. The van der Waals surface area contributed by atoms with E-state index in [0.29, 0.717) is 6.04 Å². The normalized spacial score (nSPS) is 36.1. The molecule has 3 fully saturated rings. The van der Waals surface area contributed by atoms with Crippen molar-refractivity contribution in [2.45, 2.75) is 64.0 Å². The quantitative estimate of drug-likeness (QED) is 0.809. The zero-order chi connectivity index (χ0) is 13.8. The van der Waals surface area contributed by atoms with Crippen molar-refractivity contribution in [3.8, 4) is 0 Å². The summed E-state index contributed by atoms with van der Waals surface area (Å²) in [7, 11) is 0. The first-order chi connectivity index (χ1) is 9.88. The molecule has 4 unspecified atom stereocenters. The highest BCUT2D eigenvalue weighted by Gasteiger charge is 2.37. The zero-order valence-corrected chi connectivity index (χ0v) is 13.2. The van der Waals surface area contributed by atoms with Crippen LogP contribution in [0.3, 0.4) is 0 Å². The molecule has 2 aliphatic heterocycles. The first-order valence-electron chi connectivity index (χ1n) is 8.93. The van der Waals surface area contributed by atoms with E-state index in [4.69, 9.17) is 4.74 Å². The van der Waals surface area contributed by atoms with Gasteiger partial charge in [0.25, 0.3) is 0 Å². The molecule has 1 saturated carbocycles. The minimum Gasteiger partial charge on any atom is -0.381 e. The van der Waals surface area contributed by atoms with Gasteiger partial charge in [-0.2, -0.15) is 0 Å². The van der Waals surface area contributed by atoms with Crippen LogP contribution >= 0.6 is 0 Å². The molecule has 3 nitrogen and oxygen atoms in total. The molecule has 3 rings (SSSR count). The third-order valence-electron chi connectivity index (χ3n) is 5.73. The van der Waals surface area contributed by atoms with Gasteiger partial charge in [0.15, 0.2) is 0 Å². The van der Waals surface area contributed by atoms with Gasteiger partial charge in [-0.1, -0.05) is 13.3 Å². The molecular formula is C17H32N2O. The predicted molar refractivity (Wildman–Crippen MR) is 82.9 cm³/mol. The summed E-state index contributed by atoms with van der Waals surface area (Å²) in [6.07, 6.45) is 9.79. The van der Waals surface area contributed by atoms with E-state index in [1.165, 1.54) is 58.0 Å². The van der Waals surface area contributed by atoms with Gasteiger partial charge in [-0.25, -0.2) is 0 Å². The van der Waals surface area contributed by atoms with Crippen LogP contribution in [0.25, 0.3) is 0 Å². The van der Waals surface area contributed by atoms with Gasteiger partial charge in [-0.3, -0.25) is 4.90 Å². The molecule has 20 heavy (non-hydrogen) atoms. The maximum absolute atomic E-state index is 5.64. The molecule has 2 heterocycles. The lowest BCUT2D eigenvalue weighted by atomic mass is 9.90. The molecule has 1 N–H and O–H groups in total. The number of nitrogens with zero attached hydrogens (tertiary/aromatic N) is 1. The monoisotopic (exact) mass is 280 g/mol. The molecule has 0 bridgehead atoms. The second-order valence-electron chi connectivity index (χ2n) is 7.08. The fourth-order valence-electron chi connectivity index (χ4n) is 4.62. The summed E-state index contributed by atoms with van der Waals surface area (Å²) in [6, 6.07) is 1.55. The van der Waals surface area contributed by atoms with Crippen molar-refractivity contribution < 1.29 is 4.74 Å². The summed E-state index contributed by atoms with van der Waals surface area (Å²) in [5.41, 5.74) is 0. The summed E-state index contributed by atoms with van der Waals surface area (Å²) in [5, 5.41) is 3.82. The number of likely N-dealkylation sites (tertiary alicyclic amines) is 1. The maximum atomic E-state index is 5.64. The van der Waals surface area contributed by atoms with E-state index in [0.717, 1.165) is 37.6 Å². The molecule has 4 atom stereocenters. The molecule has 3 aliphatic rings. The van der Waals surface area contributed by atoms with Crippen molar-refractivity contribution in [2.75, 3.05) is 32.8 Å². The minimum absolute atomic E-state index is 0.650. The number of hydrogen-bond donors (Lipinski definition) is 1. The second-order valence-corrected chi connectivity index (χ2v) is 7.08. The third kappa shape index (κ3) is 3.37. The van der Waals surface area contributed by atoms with Gasteiger partial charge in [0.1, 0.15) is 0 Å². The molecule has 0 aromatic carbocycles. The van der Waals surface area contributed by atoms with Crippen LogP contribution in [0.4, 0.5) is 0 Å². The van der Waals surface area contributed by atoms with Gasteiger partial charge >= 0.3 is 0 Å². The summed E-state index contributed by atoms with van der Waals surface area (Å²) < 4.78 is 5.64. The third-order valence-corrected chi connectivity index (χ3v) is 5.73. The van der Waals surface area contributed by atoms with Crippen LogP contribution in [0.5, 0.6) is 0 Å². The molecular weight excluding hydrogens is 248 g/mol. The molecule has 0 spiro atoms. The van der Waals surface area contributed by atoms with Gasteiger partial charge in [-0.05, 0) is 57.5 Å². The lowest BCUT2D eigenvalue weighted by Gasteiger charge is -2.41. The summed E-state index contributed by atoms with van der Waals surface area (Å²) >= 11 is 0. The fraction of sp³-hybridized carbons (Fsp3) is 1.00. The Morgan fingerprint density at radius 2 is 2.10 bits per heavy atom. The Morgan fingerprint density at radius 1 is 1.20 bits per heavy atom. The molecule has 116 valence electrons. The highest BCUT2D eigenvalue weighted by molar-refractivity contribution is 4.92. The molecule has 1 aliphatic carbocycles. The van der Waals surface area contributed by atoms with Crippen molar-refractivity contribution in [1.29, 1.82) is 0 Å². The highest BCUT2D eigenvalue weighted by atomic mass is 16.5. The van der Waals surface area contributed by atoms with E-state index < -0.39 is 0 Å². The molecule has 3 heteroatoms. The van der Waals surface area contributed by atoms with Gasteiger partial charge in [0.05, 0.1) is 6.61 Å². The van der Waals surface area contributed by atoms with Gasteiger partial charge in [0, 0.05) is 31.2 Å². The SMILES string of the molecule is CCCNC(CN1CCCC2CCCC21)C1CCOC1. The smallest absolute Gasteiger partial charge is 0.0510 e. The molecule has 0 aromatic heterocycles. The predicted octanol–water partition coefficient (Wildman–Crippen LogP) is 2.66. The Labute approximate surface area is 124 Å². The average molecular weight is 280 g/mol. The average Bonchev–Trinajstić information content (AvgIpc) is 3.14. The van der Waals surface area contributed by atoms with Crippen LogP contribution in [0.15, 0.2) is 0 Å². The van der Waals surface area contributed by atoms with Gasteiger partial charge < -0.3 is 10.1 Å². The van der Waals surface area contributed by atoms with E-state index in [1.807, 2.05) is 0 Å². The Kier molecular flexibility index (Phi) is 5.36. The van der Waals surface area contributed by atoms with E-state index in [1.54, 1.807) is 0 Å². The highest BCUT2D eigenvalue weighted by Crippen LogP contribution is 2.37. The Bertz CT molecular complexity index is 291. The van der Waals surface area contributed by atoms with Crippen LogP contribution < -0.4 is 5.32 Å². The van der Waals surface area contributed by atoms with Crippen LogP contribution in [0.2, 0.25) is 0 Å². The van der Waals surface area contributed by atoms with Crippen LogP contribution in [-0.2, 0) is 4.74 Å². The van der Waals surface area contributed by atoms with Crippen LogP contribution in [0.1, 0.15) is 51.9 Å². The fourth-order valence-corrected chi connectivity index (χ4v) is 4.62. The van der Waals surface area contributed by atoms with Gasteiger partial charge in [0.2, 0.25) is 0 Å². The van der Waals surface area contributed by atoms with Gasteiger partial charge in [-0.15, -0.1) is 0 Å². The number of rotatable bonds is 6. The Balaban J connectivity index is 1.59.